The molecule has 2 aromatic heterocycles. The molecular weight excluding hydrogens is 322 g/mol. The fourth-order valence-corrected chi connectivity index (χ4v) is 4.06. The Balaban J connectivity index is 2.08. The van der Waals surface area contributed by atoms with Crippen molar-refractivity contribution in [3.8, 4) is 0 Å². The van der Waals surface area contributed by atoms with E-state index in [1.165, 1.54) is 5.56 Å². The number of nitrogens with zero attached hydrogens (tertiary/aromatic N) is 2. The van der Waals surface area contributed by atoms with Crippen LogP contribution in [0.15, 0.2) is 12.1 Å². The van der Waals surface area contributed by atoms with Gasteiger partial charge in [-0.1, -0.05) is 26.8 Å². The molecule has 138 valence electrons. The van der Waals surface area contributed by atoms with Crippen LogP contribution in [0.4, 0.5) is 8.78 Å². The summed E-state index contributed by atoms with van der Waals surface area (Å²) >= 11 is 0. The molecule has 0 saturated heterocycles. The lowest BCUT2D eigenvalue weighted by molar-refractivity contribution is -0.0634. The average Bonchev–Trinajstić information content (AvgIpc) is 2.95. The van der Waals surface area contributed by atoms with Gasteiger partial charge in [0, 0.05) is 18.5 Å². The van der Waals surface area contributed by atoms with Gasteiger partial charge in [-0.15, -0.1) is 0 Å². The molecule has 3 rings (SSSR count). The van der Waals surface area contributed by atoms with Crippen molar-refractivity contribution >= 4 is 5.65 Å². The predicted octanol–water partition coefficient (Wildman–Crippen LogP) is 5.19. The van der Waals surface area contributed by atoms with Gasteiger partial charge >= 0.3 is 0 Å². The fraction of sp³-hybridized carbons (Fsp3) is 0.650. The van der Waals surface area contributed by atoms with Crippen molar-refractivity contribution < 1.29 is 13.9 Å². The molecular formula is C20H28F2N2O. The van der Waals surface area contributed by atoms with Crippen molar-refractivity contribution in [1.82, 2.24) is 9.38 Å². The Morgan fingerprint density at radius 3 is 2.48 bits per heavy atom. The maximum atomic E-state index is 13.5. The van der Waals surface area contributed by atoms with E-state index in [2.05, 4.69) is 26.8 Å². The standard InChI is InChI=1S/C20H28F2N2O/c1-5-14-6-7-16-23-17(12(2)3)18(24(16)13(14)4)19(25)15-8-10-20(21,22)11-9-15/h6-7,12,15,19,25H,5,8-11H2,1-4H3. The molecule has 1 unspecified atom stereocenters. The van der Waals surface area contributed by atoms with Crippen LogP contribution in [0, 0.1) is 12.8 Å². The van der Waals surface area contributed by atoms with Gasteiger partial charge in [-0.3, -0.25) is 4.40 Å². The van der Waals surface area contributed by atoms with Crippen LogP contribution in [-0.4, -0.2) is 20.4 Å². The van der Waals surface area contributed by atoms with E-state index in [0.717, 1.165) is 29.1 Å². The molecule has 0 aromatic carbocycles. The molecule has 0 amide bonds. The SMILES string of the molecule is CCc1ccc2nc(C(C)C)c(C(O)C3CCC(F)(F)CC3)n2c1C. The van der Waals surface area contributed by atoms with Gasteiger partial charge in [0.15, 0.2) is 0 Å². The Hall–Kier alpha value is -1.49. The Morgan fingerprint density at radius 2 is 1.92 bits per heavy atom. The van der Waals surface area contributed by atoms with Crippen LogP contribution >= 0.6 is 0 Å². The second-order valence-corrected chi connectivity index (χ2v) is 7.67. The van der Waals surface area contributed by atoms with E-state index in [1.807, 2.05) is 17.4 Å². The number of hydrogen-bond donors (Lipinski definition) is 1. The molecule has 0 radical (unpaired) electrons. The van der Waals surface area contributed by atoms with Gasteiger partial charge in [0.25, 0.3) is 0 Å². The highest BCUT2D eigenvalue weighted by atomic mass is 19.3. The van der Waals surface area contributed by atoms with E-state index in [0.29, 0.717) is 12.8 Å². The van der Waals surface area contributed by atoms with E-state index in [4.69, 9.17) is 4.98 Å². The van der Waals surface area contributed by atoms with Crippen molar-refractivity contribution in [2.45, 2.75) is 77.7 Å². The number of aliphatic hydroxyl groups is 1. The minimum atomic E-state index is -2.58. The van der Waals surface area contributed by atoms with Crippen LogP contribution < -0.4 is 0 Å². The van der Waals surface area contributed by atoms with E-state index in [1.54, 1.807) is 0 Å². The van der Waals surface area contributed by atoms with Crippen molar-refractivity contribution in [2.75, 3.05) is 0 Å². The number of aryl methyl sites for hydroxylation is 2. The fourth-order valence-electron chi connectivity index (χ4n) is 4.06. The molecule has 0 aliphatic heterocycles. The number of pyridine rings is 1. The number of aliphatic hydroxyl groups excluding tert-OH is 1. The molecule has 2 aromatic rings. The Labute approximate surface area is 148 Å². The number of alkyl halides is 2. The maximum Gasteiger partial charge on any atom is 0.248 e. The molecule has 2 heterocycles. The summed E-state index contributed by atoms with van der Waals surface area (Å²) in [5, 5.41) is 11.1. The van der Waals surface area contributed by atoms with Gasteiger partial charge in [-0.05, 0) is 49.7 Å². The van der Waals surface area contributed by atoms with E-state index >= 15 is 0 Å². The minimum Gasteiger partial charge on any atom is -0.387 e. The summed E-state index contributed by atoms with van der Waals surface area (Å²) in [6.07, 6.45) is 0.580. The molecule has 1 fully saturated rings. The van der Waals surface area contributed by atoms with E-state index < -0.39 is 12.0 Å². The van der Waals surface area contributed by atoms with Crippen LogP contribution in [-0.2, 0) is 6.42 Å². The third kappa shape index (κ3) is 3.31. The monoisotopic (exact) mass is 350 g/mol. The van der Waals surface area contributed by atoms with Crippen molar-refractivity contribution in [1.29, 1.82) is 0 Å². The molecule has 0 bridgehead atoms. The number of fused-ring (bicyclic) bond motifs is 1. The molecule has 1 N–H and O–H groups in total. The normalized spacial score (nSPS) is 19.7. The van der Waals surface area contributed by atoms with Gasteiger partial charge in [0.05, 0.1) is 17.5 Å². The van der Waals surface area contributed by atoms with Gasteiger partial charge in [0.2, 0.25) is 5.92 Å². The first-order valence-electron chi connectivity index (χ1n) is 9.31. The third-order valence-electron chi connectivity index (χ3n) is 5.62. The maximum absolute atomic E-state index is 13.5. The summed E-state index contributed by atoms with van der Waals surface area (Å²) in [6, 6.07) is 4.07. The zero-order valence-corrected chi connectivity index (χ0v) is 15.5. The Kier molecular flexibility index (Phi) is 4.89. The van der Waals surface area contributed by atoms with Gasteiger partial charge in [-0.2, -0.15) is 0 Å². The van der Waals surface area contributed by atoms with Crippen LogP contribution in [0.3, 0.4) is 0 Å². The first kappa shape index (κ1) is 18.3. The number of hydrogen-bond acceptors (Lipinski definition) is 2. The van der Waals surface area contributed by atoms with Crippen LogP contribution in [0.5, 0.6) is 0 Å². The predicted molar refractivity (Wildman–Crippen MR) is 95.3 cm³/mol. The number of halogens is 2. The highest BCUT2D eigenvalue weighted by Gasteiger charge is 2.39. The molecule has 5 heteroatoms. The first-order valence-corrected chi connectivity index (χ1v) is 9.31. The van der Waals surface area contributed by atoms with Crippen molar-refractivity contribution in [3.05, 3.63) is 34.8 Å². The third-order valence-corrected chi connectivity index (χ3v) is 5.62. The minimum absolute atomic E-state index is 0.137. The van der Waals surface area contributed by atoms with Crippen molar-refractivity contribution in [2.24, 2.45) is 5.92 Å². The second-order valence-electron chi connectivity index (χ2n) is 7.67. The molecule has 1 saturated carbocycles. The van der Waals surface area contributed by atoms with Gasteiger partial charge in [0.1, 0.15) is 5.65 Å². The molecule has 1 aliphatic rings. The first-order chi connectivity index (χ1) is 11.7. The molecule has 3 nitrogen and oxygen atoms in total. The molecule has 0 spiro atoms. The number of imidazole rings is 1. The summed E-state index contributed by atoms with van der Waals surface area (Å²) in [6.45, 7) is 8.27. The Morgan fingerprint density at radius 1 is 1.28 bits per heavy atom. The molecule has 1 atom stereocenters. The van der Waals surface area contributed by atoms with Crippen LogP contribution in [0.25, 0.3) is 5.65 Å². The largest absolute Gasteiger partial charge is 0.387 e. The zero-order valence-electron chi connectivity index (χ0n) is 15.5. The second kappa shape index (κ2) is 6.67. The van der Waals surface area contributed by atoms with Gasteiger partial charge in [-0.25, -0.2) is 13.8 Å². The summed E-state index contributed by atoms with van der Waals surface area (Å²) in [5.41, 5.74) is 4.79. The lowest BCUT2D eigenvalue weighted by atomic mass is 9.81. The number of rotatable bonds is 4. The summed E-state index contributed by atoms with van der Waals surface area (Å²) < 4.78 is 29.1. The average molecular weight is 350 g/mol. The summed E-state index contributed by atoms with van der Waals surface area (Å²) in [7, 11) is 0. The smallest absolute Gasteiger partial charge is 0.248 e. The van der Waals surface area contributed by atoms with Crippen LogP contribution in [0.1, 0.15) is 81.1 Å². The highest BCUT2D eigenvalue weighted by molar-refractivity contribution is 5.49. The molecule has 25 heavy (non-hydrogen) atoms. The van der Waals surface area contributed by atoms with Gasteiger partial charge < -0.3 is 5.11 Å². The van der Waals surface area contributed by atoms with E-state index in [9.17, 15) is 13.9 Å². The summed E-state index contributed by atoms with van der Waals surface area (Å²) in [5.74, 6) is -2.55. The quantitative estimate of drug-likeness (QED) is 0.824. The number of aromatic nitrogens is 2. The molecule has 1 aliphatic carbocycles. The topological polar surface area (TPSA) is 37.5 Å². The Bertz CT molecular complexity index is 757. The highest BCUT2D eigenvalue weighted by Crippen LogP contribution is 2.43. The lowest BCUT2D eigenvalue weighted by Crippen LogP contribution is -2.28. The summed E-state index contributed by atoms with van der Waals surface area (Å²) in [4.78, 5) is 4.75. The lowest BCUT2D eigenvalue weighted by Gasteiger charge is -2.32. The van der Waals surface area contributed by atoms with Crippen LogP contribution in [0.2, 0.25) is 0 Å². The zero-order chi connectivity index (χ0) is 18.4. The van der Waals surface area contributed by atoms with Crippen molar-refractivity contribution in [3.63, 3.8) is 0 Å². The van der Waals surface area contributed by atoms with E-state index in [-0.39, 0.29) is 24.7 Å².